The van der Waals surface area contributed by atoms with Crippen LogP contribution in [0.5, 0.6) is 0 Å². The Bertz CT molecular complexity index is 420. The number of carbonyl (C=O) groups is 1. The monoisotopic (exact) mass is 280 g/mol. The van der Waals surface area contributed by atoms with Crippen molar-refractivity contribution >= 4 is 17.7 Å². The molecule has 0 saturated carbocycles. The fraction of sp³-hybridized carbons (Fsp3) is 0.500. The molecule has 1 aromatic rings. The predicted octanol–water partition coefficient (Wildman–Crippen LogP) is 1.47. The molecule has 0 radical (unpaired) electrons. The highest BCUT2D eigenvalue weighted by Gasteiger charge is 2.12. The standard InChI is InChI=1S/C14H20N2O2S/c1-19-13-5-3-2-4-12(13)14(17)15-6-7-16-8-10-18-11-9-16/h2-5H,6-11H2,1H3,(H,15,17). The van der Waals surface area contributed by atoms with Gasteiger partial charge in [0.05, 0.1) is 18.8 Å². The number of hydrogen-bond acceptors (Lipinski definition) is 4. The number of ether oxygens (including phenoxy) is 1. The summed E-state index contributed by atoms with van der Waals surface area (Å²) in [5.41, 5.74) is 0.761. The van der Waals surface area contributed by atoms with Crippen LogP contribution < -0.4 is 5.32 Å². The smallest absolute Gasteiger partial charge is 0.252 e. The largest absolute Gasteiger partial charge is 0.379 e. The third-order valence-corrected chi connectivity index (χ3v) is 3.96. The first-order chi connectivity index (χ1) is 9.31. The summed E-state index contributed by atoms with van der Waals surface area (Å²) in [6, 6.07) is 7.70. The maximum atomic E-state index is 12.1. The van der Waals surface area contributed by atoms with E-state index in [-0.39, 0.29) is 5.91 Å². The molecule has 1 heterocycles. The van der Waals surface area contributed by atoms with Crippen molar-refractivity contribution in [1.29, 1.82) is 0 Å². The number of morpholine rings is 1. The van der Waals surface area contributed by atoms with E-state index < -0.39 is 0 Å². The second kappa shape index (κ2) is 7.53. The van der Waals surface area contributed by atoms with Gasteiger partial charge in [-0.05, 0) is 18.4 Å². The van der Waals surface area contributed by atoms with Crippen LogP contribution >= 0.6 is 11.8 Å². The predicted molar refractivity (Wildman–Crippen MR) is 77.8 cm³/mol. The normalized spacial score (nSPS) is 16.3. The van der Waals surface area contributed by atoms with Crippen LogP contribution in [0.2, 0.25) is 0 Å². The van der Waals surface area contributed by atoms with E-state index in [1.165, 1.54) is 0 Å². The third kappa shape index (κ3) is 4.23. The number of nitrogens with one attached hydrogen (secondary N) is 1. The van der Waals surface area contributed by atoms with Crippen LogP contribution in [0.1, 0.15) is 10.4 Å². The van der Waals surface area contributed by atoms with Crippen molar-refractivity contribution in [2.45, 2.75) is 4.90 Å². The summed E-state index contributed by atoms with van der Waals surface area (Å²) in [7, 11) is 0. The summed E-state index contributed by atoms with van der Waals surface area (Å²) in [4.78, 5) is 15.4. The summed E-state index contributed by atoms with van der Waals surface area (Å²) >= 11 is 1.60. The quantitative estimate of drug-likeness (QED) is 0.829. The average molecular weight is 280 g/mol. The van der Waals surface area contributed by atoms with E-state index in [0.29, 0.717) is 6.54 Å². The molecule has 0 spiro atoms. The van der Waals surface area contributed by atoms with Gasteiger partial charge in [0.15, 0.2) is 0 Å². The maximum absolute atomic E-state index is 12.1. The molecule has 1 fully saturated rings. The first-order valence-electron chi connectivity index (χ1n) is 6.52. The van der Waals surface area contributed by atoms with Gasteiger partial charge in [-0.1, -0.05) is 12.1 Å². The van der Waals surface area contributed by atoms with Crippen LogP contribution in [0.4, 0.5) is 0 Å². The molecule has 1 saturated heterocycles. The van der Waals surface area contributed by atoms with Gasteiger partial charge in [0, 0.05) is 31.1 Å². The Hall–Kier alpha value is -1.04. The number of rotatable bonds is 5. The van der Waals surface area contributed by atoms with Crippen LogP contribution in [0.25, 0.3) is 0 Å². The highest BCUT2D eigenvalue weighted by atomic mass is 32.2. The van der Waals surface area contributed by atoms with Gasteiger partial charge in [-0.15, -0.1) is 11.8 Å². The fourth-order valence-electron chi connectivity index (χ4n) is 2.08. The summed E-state index contributed by atoms with van der Waals surface area (Å²) < 4.78 is 5.29. The van der Waals surface area contributed by atoms with Gasteiger partial charge >= 0.3 is 0 Å². The fourth-order valence-corrected chi connectivity index (χ4v) is 2.68. The molecular weight excluding hydrogens is 260 g/mol. The minimum absolute atomic E-state index is 0.0122. The van der Waals surface area contributed by atoms with Crippen molar-refractivity contribution in [2.24, 2.45) is 0 Å². The van der Waals surface area contributed by atoms with Crippen molar-refractivity contribution in [2.75, 3.05) is 45.6 Å². The molecule has 0 aliphatic carbocycles. The summed E-state index contributed by atoms with van der Waals surface area (Å²) in [6.45, 7) is 5.07. The molecule has 0 aromatic heterocycles. The van der Waals surface area contributed by atoms with Crippen molar-refractivity contribution < 1.29 is 9.53 Å². The van der Waals surface area contributed by atoms with E-state index in [4.69, 9.17) is 4.74 Å². The van der Waals surface area contributed by atoms with Gasteiger partial charge in [-0.2, -0.15) is 0 Å². The summed E-state index contributed by atoms with van der Waals surface area (Å²) in [5.74, 6) is 0.0122. The third-order valence-electron chi connectivity index (χ3n) is 3.17. The number of carbonyl (C=O) groups excluding carboxylic acids is 1. The lowest BCUT2D eigenvalue weighted by molar-refractivity contribution is 0.0383. The molecule has 1 aliphatic heterocycles. The molecule has 0 atom stereocenters. The first kappa shape index (κ1) is 14.4. The zero-order chi connectivity index (χ0) is 13.5. The number of benzene rings is 1. The van der Waals surface area contributed by atoms with Gasteiger partial charge in [0.25, 0.3) is 5.91 Å². The molecule has 0 unspecified atom stereocenters. The Kier molecular flexibility index (Phi) is 5.69. The van der Waals surface area contributed by atoms with Crippen molar-refractivity contribution in [3.63, 3.8) is 0 Å². The van der Waals surface area contributed by atoms with Gasteiger partial charge in [0.2, 0.25) is 0 Å². The minimum atomic E-state index is 0.0122. The molecule has 104 valence electrons. The topological polar surface area (TPSA) is 41.6 Å². The second-order valence-corrected chi connectivity index (χ2v) is 5.26. The van der Waals surface area contributed by atoms with Crippen LogP contribution in [-0.2, 0) is 4.74 Å². The van der Waals surface area contributed by atoms with Crippen LogP contribution in [0.15, 0.2) is 29.2 Å². The van der Waals surface area contributed by atoms with E-state index in [0.717, 1.165) is 43.3 Å². The van der Waals surface area contributed by atoms with Gasteiger partial charge < -0.3 is 10.1 Å². The van der Waals surface area contributed by atoms with Crippen LogP contribution in [0.3, 0.4) is 0 Å². The first-order valence-corrected chi connectivity index (χ1v) is 7.75. The van der Waals surface area contributed by atoms with Crippen molar-refractivity contribution in [1.82, 2.24) is 10.2 Å². The lowest BCUT2D eigenvalue weighted by Crippen LogP contribution is -2.41. The van der Waals surface area contributed by atoms with Gasteiger partial charge in [-0.25, -0.2) is 0 Å². The Balaban J connectivity index is 1.80. The molecule has 5 heteroatoms. The lowest BCUT2D eigenvalue weighted by Gasteiger charge is -2.26. The zero-order valence-corrected chi connectivity index (χ0v) is 12.0. The lowest BCUT2D eigenvalue weighted by atomic mass is 10.2. The second-order valence-electron chi connectivity index (χ2n) is 4.41. The number of amides is 1. The number of thioether (sulfide) groups is 1. The van der Waals surface area contributed by atoms with Crippen molar-refractivity contribution in [3.8, 4) is 0 Å². The van der Waals surface area contributed by atoms with E-state index >= 15 is 0 Å². The van der Waals surface area contributed by atoms with Gasteiger partial charge in [-0.3, -0.25) is 9.69 Å². The summed E-state index contributed by atoms with van der Waals surface area (Å²) in [6.07, 6.45) is 1.99. The molecule has 1 N–H and O–H groups in total. The average Bonchev–Trinajstić information content (AvgIpc) is 2.48. The molecule has 1 amide bonds. The van der Waals surface area contributed by atoms with E-state index in [1.54, 1.807) is 11.8 Å². The zero-order valence-electron chi connectivity index (χ0n) is 11.2. The SMILES string of the molecule is CSc1ccccc1C(=O)NCCN1CCOCC1. The Labute approximate surface area is 118 Å². The van der Waals surface area contributed by atoms with E-state index in [1.807, 2.05) is 30.5 Å². The van der Waals surface area contributed by atoms with E-state index in [9.17, 15) is 4.79 Å². The molecule has 0 bridgehead atoms. The summed E-state index contributed by atoms with van der Waals surface area (Å²) in [5, 5.41) is 2.99. The molecule has 19 heavy (non-hydrogen) atoms. The minimum Gasteiger partial charge on any atom is -0.379 e. The highest BCUT2D eigenvalue weighted by molar-refractivity contribution is 7.98. The van der Waals surface area contributed by atoms with Crippen molar-refractivity contribution in [3.05, 3.63) is 29.8 Å². The number of hydrogen-bond donors (Lipinski definition) is 1. The number of nitrogens with zero attached hydrogens (tertiary/aromatic N) is 1. The highest BCUT2D eigenvalue weighted by Crippen LogP contribution is 2.19. The Morgan fingerprint density at radius 3 is 2.84 bits per heavy atom. The molecule has 2 rings (SSSR count). The Morgan fingerprint density at radius 2 is 2.11 bits per heavy atom. The van der Waals surface area contributed by atoms with Crippen LogP contribution in [0, 0.1) is 0 Å². The molecule has 4 nitrogen and oxygen atoms in total. The van der Waals surface area contributed by atoms with Gasteiger partial charge in [0.1, 0.15) is 0 Å². The molecule has 1 aromatic carbocycles. The van der Waals surface area contributed by atoms with Crippen LogP contribution in [-0.4, -0.2) is 56.5 Å². The van der Waals surface area contributed by atoms with E-state index in [2.05, 4.69) is 10.2 Å². The maximum Gasteiger partial charge on any atom is 0.252 e. The molecule has 1 aliphatic rings. The Morgan fingerprint density at radius 1 is 1.37 bits per heavy atom. The molecular formula is C14H20N2O2S.